The number of nitrogens with zero attached hydrogens (tertiary/aromatic N) is 1. The molecule has 1 aromatic rings. The van der Waals surface area contributed by atoms with Crippen molar-refractivity contribution in [2.24, 2.45) is 4.99 Å². The molecule has 0 atom stereocenters. The fourth-order valence-corrected chi connectivity index (χ4v) is 1.71. The van der Waals surface area contributed by atoms with Crippen molar-refractivity contribution in [1.82, 2.24) is 0 Å². The third-order valence-electron chi connectivity index (χ3n) is 2.79. The molecule has 0 bridgehead atoms. The first-order valence-corrected chi connectivity index (χ1v) is 6.51. The van der Waals surface area contributed by atoms with Crippen molar-refractivity contribution in [3.63, 3.8) is 0 Å². The number of ether oxygens (including phenoxy) is 2. The topological polar surface area (TPSA) is 30.8 Å². The molecule has 0 unspecified atom stereocenters. The molecule has 3 heteroatoms. The molecule has 0 radical (unpaired) electrons. The van der Waals surface area contributed by atoms with E-state index in [1.165, 1.54) is 18.4 Å². The molecule has 0 aromatic heterocycles. The van der Waals surface area contributed by atoms with Gasteiger partial charge < -0.3 is 9.47 Å². The summed E-state index contributed by atoms with van der Waals surface area (Å²) in [6, 6.07) is 6.01. The van der Waals surface area contributed by atoms with Crippen LogP contribution in [0, 0.1) is 0 Å². The Balaban J connectivity index is 2.45. The van der Waals surface area contributed by atoms with E-state index < -0.39 is 0 Å². The summed E-state index contributed by atoms with van der Waals surface area (Å²) >= 11 is 0. The van der Waals surface area contributed by atoms with Gasteiger partial charge in [0.1, 0.15) is 0 Å². The van der Waals surface area contributed by atoms with Crippen LogP contribution in [0.5, 0.6) is 11.5 Å². The summed E-state index contributed by atoms with van der Waals surface area (Å²) in [5.74, 6) is 1.55. The molecule has 100 valence electrons. The molecule has 0 aliphatic carbocycles. The molecule has 0 N–H and O–H groups in total. The summed E-state index contributed by atoms with van der Waals surface area (Å²) in [4.78, 5) is 4.41. The highest BCUT2D eigenvalue weighted by Crippen LogP contribution is 2.27. The molecular weight excluding hydrogens is 226 g/mol. The lowest BCUT2D eigenvalue weighted by Gasteiger charge is -2.08. The third-order valence-corrected chi connectivity index (χ3v) is 2.79. The zero-order valence-electron chi connectivity index (χ0n) is 11.6. The van der Waals surface area contributed by atoms with Crippen LogP contribution in [0.3, 0.4) is 0 Å². The zero-order chi connectivity index (χ0) is 13.2. The van der Waals surface area contributed by atoms with Crippen LogP contribution in [0.2, 0.25) is 0 Å². The quantitative estimate of drug-likeness (QED) is 0.521. The Morgan fingerprint density at radius 2 is 1.94 bits per heavy atom. The highest BCUT2D eigenvalue weighted by atomic mass is 16.5. The Hall–Kier alpha value is -1.51. The molecule has 1 aromatic carbocycles. The van der Waals surface area contributed by atoms with Crippen LogP contribution < -0.4 is 9.47 Å². The van der Waals surface area contributed by atoms with Crippen molar-refractivity contribution in [3.05, 3.63) is 23.8 Å². The van der Waals surface area contributed by atoms with Gasteiger partial charge in [0.25, 0.3) is 0 Å². The molecule has 0 saturated carbocycles. The molecule has 3 nitrogen and oxygen atoms in total. The van der Waals surface area contributed by atoms with E-state index in [0.29, 0.717) is 0 Å². The summed E-state index contributed by atoms with van der Waals surface area (Å²) in [6.07, 6.45) is 6.50. The first-order chi connectivity index (χ1) is 8.81. The number of hydrogen-bond acceptors (Lipinski definition) is 3. The van der Waals surface area contributed by atoms with Crippen LogP contribution in [-0.4, -0.2) is 27.0 Å². The Labute approximate surface area is 110 Å². The lowest BCUT2D eigenvalue weighted by atomic mass is 10.1. The second kappa shape index (κ2) is 8.56. The fraction of sp³-hybridized carbons (Fsp3) is 0.533. The highest BCUT2D eigenvalue weighted by Gasteiger charge is 2.03. The van der Waals surface area contributed by atoms with E-state index in [1.807, 2.05) is 18.3 Å². The van der Waals surface area contributed by atoms with Gasteiger partial charge in [-0.15, -0.1) is 0 Å². The van der Waals surface area contributed by atoms with Gasteiger partial charge in [0.2, 0.25) is 0 Å². The van der Waals surface area contributed by atoms with Gasteiger partial charge in [-0.2, -0.15) is 0 Å². The van der Waals surface area contributed by atoms with Crippen LogP contribution >= 0.6 is 0 Å². The molecular formula is C15H23NO2. The largest absolute Gasteiger partial charge is 0.493 e. The van der Waals surface area contributed by atoms with Crippen molar-refractivity contribution in [1.29, 1.82) is 0 Å². The van der Waals surface area contributed by atoms with Gasteiger partial charge in [0, 0.05) is 6.54 Å². The average Bonchev–Trinajstić information content (AvgIpc) is 2.42. The number of rotatable bonds is 8. The van der Waals surface area contributed by atoms with Gasteiger partial charge in [-0.25, -0.2) is 0 Å². The van der Waals surface area contributed by atoms with E-state index in [0.717, 1.165) is 30.9 Å². The van der Waals surface area contributed by atoms with Crippen LogP contribution in [0.1, 0.15) is 31.7 Å². The van der Waals surface area contributed by atoms with E-state index in [9.17, 15) is 0 Å². The van der Waals surface area contributed by atoms with E-state index in [-0.39, 0.29) is 0 Å². The summed E-state index contributed by atoms with van der Waals surface area (Å²) < 4.78 is 10.5. The monoisotopic (exact) mass is 249 g/mol. The second-order valence-corrected chi connectivity index (χ2v) is 4.17. The molecule has 18 heavy (non-hydrogen) atoms. The van der Waals surface area contributed by atoms with Crippen LogP contribution in [0.15, 0.2) is 23.2 Å². The molecule has 0 aliphatic heterocycles. The van der Waals surface area contributed by atoms with Crippen LogP contribution in [0.4, 0.5) is 0 Å². The Bertz CT molecular complexity index is 375. The fourth-order valence-electron chi connectivity index (χ4n) is 1.71. The SMILES string of the molecule is CCCCC=NCCc1ccc(OC)c(OC)c1. The number of methoxy groups -OCH3 is 2. The minimum absolute atomic E-state index is 0.771. The van der Waals surface area contributed by atoms with E-state index >= 15 is 0 Å². The van der Waals surface area contributed by atoms with Gasteiger partial charge in [-0.3, -0.25) is 4.99 Å². The molecule has 0 amide bonds. The van der Waals surface area contributed by atoms with E-state index in [2.05, 4.69) is 18.0 Å². The Kier molecular flexibility index (Phi) is 6.92. The minimum Gasteiger partial charge on any atom is -0.493 e. The molecule has 0 aliphatic rings. The molecule has 0 saturated heterocycles. The number of unbranched alkanes of at least 4 members (excludes halogenated alkanes) is 2. The summed E-state index contributed by atoms with van der Waals surface area (Å²) in [6.45, 7) is 3.02. The molecule has 0 fully saturated rings. The molecule has 1 rings (SSSR count). The first kappa shape index (κ1) is 14.6. The van der Waals surface area contributed by atoms with Crippen LogP contribution in [-0.2, 0) is 6.42 Å². The van der Waals surface area contributed by atoms with Crippen LogP contribution in [0.25, 0.3) is 0 Å². The first-order valence-electron chi connectivity index (χ1n) is 6.51. The number of hydrogen-bond donors (Lipinski definition) is 0. The summed E-state index contributed by atoms with van der Waals surface area (Å²) in [7, 11) is 3.31. The summed E-state index contributed by atoms with van der Waals surface area (Å²) in [5.41, 5.74) is 1.22. The van der Waals surface area contributed by atoms with Gasteiger partial charge in [-0.05, 0) is 43.2 Å². The van der Waals surface area contributed by atoms with Crippen molar-refractivity contribution in [2.45, 2.75) is 32.6 Å². The average molecular weight is 249 g/mol. The zero-order valence-corrected chi connectivity index (χ0v) is 11.6. The van der Waals surface area contributed by atoms with E-state index in [1.54, 1.807) is 14.2 Å². The number of benzene rings is 1. The maximum absolute atomic E-state index is 5.27. The lowest BCUT2D eigenvalue weighted by molar-refractivity contribution is 0.354. The van der Waals surface area contributed by atoms with Gasteiger partial charge in [0.15, 0.2) is 11.5 Å². The lowest BCUT2D eigenvalue weighted by Crippen LogP contribution is -1.94. The minimum atomic E-state index is 0.771. The second-order valence-electron chi connectivity index (χ2n) is 4.17. The van der Waals surface area contributed by atoms with Gasteiger partial charge >= 0.3 is 0 Å². The number of aliphatic imine (C=N–C) groups is 1. The Morgan fingerprint density at radius 1 is 1.17 bits per heavy atom. The molecule has 0 heterocycles. The third kappa shape index (κ3) is 4.78. The van der Waals surface area contributed by atoms with Crippen molar-refractivity contribution >= 4 is 6.21 Å². The smallest absolute Gasteiger partial charge is 0.160 e. The predicted octanol–water partition coefficient (Wildman–Crippen LogP) is 3.51. The van der Waals surface area contributed by atoms with Gasteiger partial charge in [-0.1, -0.05) is 19.4 Å². The van der Waals surface area contributed by atoms with Crippen molar-refractivity contribution < 1.29 is 9.47 Å². The normalized spacial score (nSPS) is 10.8. The molecule has 0 spiro atoms. The summed E-state index contributed by atoms with van der Waals surface area (Å²) in [5, 5.41) is 0. The highest BCUT2D eigenvalue weighted by molar-refractivity contribution is 5.57. The van der Waals surface area contributed by atoms with Gasteiger partial charge in [0.05, 0.1) is 14.2 Å². The Morgan fingerprint density at radius 3 is 2.61 bits per heavy atom. The maximum Gasteiger partial charge on any atom is 0.160 e. The van der Waals surface area contributed by atoms with Crippen molar-refractivity contribution in [3.8, 4) is 11.5 Å². The van der Waals surface area contributed by atoms with E-state index in [4.69, 9.17) is 9.47 Å². The standard InChI is InChI=1S/C15H23NO2/c1-4-5-6-10-16-11-9-13-7-8-14(17-2)15(12-13)18-3/h7-8,10,12H,4-6,9,11H2,1-3H3. The van der Waals surface area contributed by atoms with Crippen molar-refractivity contribution in [2.75, 3.05) is 20.8 Å². The predicted molar refractivity (Wildman–Crippen MR) is 76.1 cm³/mol. The maximum atomic E-state index is 5.27.